The second kappa shape index (κ2) is 7.89. The first kappa shape index (κ1) is 17.8. The van der Waals surface area contributed by atoms with Crippen LogP contribution in [0.25, 0.3) is 0 Å². The van der Waals surface area contributed by atoms with Crippen LogP contribution < -0.4 is 15.2 Å². The highest BCUT2D eigenvalue weighted by atomic mass is 16.5. The van der Waals surface area contributed by atoms with Crippen molar-refractivity contribution in [3.63, 3.8) is 0 Å². The van der Waals surface area contributed by atoms with Crippen molar-refractivity contribution in [2.75, 3.05) is 19.8 Å². The molecule has 1 fully saturated rings. The third kappa shape index (κ3) is 4.53. The fourth-order valence-corrected chi connectivity index (χ4v) is 3.50. The van der Waals surface area contributed by atoms with Crippen LogP contribution in [-0.2, 0) is 0 Å². The topological polar surface area (TPSA) is 64.7 Å². The van der Waals surface area contributed by atoms with Crippen LogP contribution in [-0.4, -0.2) is 30.5 Å². The lowest BCUT2D eigenvalue weighted by molar-refractivity contribution is 0.198. The van der Waals surface area contributed by atoms with Gasteiger partial charge in [-0.3, -0.25) is 0 Å². The zero-order valence-corrected chi connectivity index (χ0v) is 14.8. The number of aliphatic hydroxyl groups excluding tert-OH is 1. The highest BCUT2D eigenvalue weighted by molar-refractivity contribution is 5.38. The Morgan fingerprint density at radius 1 is 1.12 bits per heavy atom. The van der Waals surface area contributed by atoms with Gasteiger partial charge in [0.05, 0.1) is 6.61 Å². The van der Waals surface area contributed by atoms with E-state index in [1.807, 2.05) is 36.4 Å². The summed E-state index contributed by atoms with van der Waals surface area (Å²) in [5.74, 6) is 2.17. The van der Waals surface area contributed by atoms with Crippen LogP contribution in [0, 0.1) is 6.92 Å². The number of benzene rings is 2. The molecule has 2 aromatic rings. The minimum Gasteiger partial charge on any atom is -0.490 e. The van der Waals surface area contributed by atoms with Gasteiger partial charge >= 0.3 is 0 Å². The van der Waals surface area contributed by atoms with E-state index in [4.69, 9.17) is 15.2 Å². The molecule has 0 radical (unpaired) electrons. The highest BCUT2D eigenvalue weighted by Gasteiger charge is 2.35. The van der Waals surface area contributed by atoms with Crippen LogP contribution in [0.3, 0.4) is 0 Å². The van der Waals surface area contributed by atoms with Gasteiger partial charge in [0.1, 0.15) is 24.7 Å². The molecule has 0 aromatic heterocycles. The summed E-state index contributed by atoms with van der Waals surface area (Å²) in [4.78, 5) is 0. The van der Waals surface area contributed by atoms with E-state index in [0.29, 0.717) is 19.1 Å². The van der Waals surface area contributed by atoms with Gasteiger partial charge in [0, 0.05) is 5.54 Å². The van der Waals surface area contributed by atoms with Crippen molar-refractivity contribution in [2.45, 2.75) is 37.6 Å². The Morgan fingerprint density at radius 3 is 2.56 bits per heavy atom. The lowest BCUT2D eigenvalue weighted by Crippen LogP contribution is -2.40. The first-order valence-corrected chi connectivity index (χ1v) is 8.91. The van der Waals surface area contributed by atoms with E-state index in [0.717, 1.165) is 36.3 Å². The molecule has 1 aliphatic carbocycles. The average molecular weight is 341 g/mol. The van der Waals surface area contributed by atoms with Crippen molar-refractivity contribution < 1.29 is 14.6 Å². The monoisotopic (exact) mass is 341 g/mol. The average Bonchev–Trinajstić information content (AvgIpc) is 3.04. The Labute approximate surface area is 149 Å². The van der Waals surface area contributed by atoms with Crippen LogP contribution >= 0.6 is 0 Å². The van der Waals surface area contributed by atoms with Gasteiger partial charge in [0.25, 0.3) is 0 Å². The van der Waals surface area contributed by atoms with Crippen LogP contribution in [0.15, 0.2) is 48.5 Å². The quantitative estimate of drug-likeness (QED) is 0.758. The minimum atomic E-state index is -0.414. The van der Waals surface area contributed by atoms with Crippen LogP contribution in [0.2, 0.25) is 0 Å². The molecule has 2 aromatic carbocycles. The lowest BCUT2D eigenvalue weighted by Gasteiger charge is -2.21. The molecule has 0 bridgehead atoms. The maximum absolute atomic E-state index is 9.43. The van der Waals surface area contributed by atoms with Crippen molar-refractivity contribution in [3.05, 3.63) is 59.7 Å². The Bertz CT molecular complexity index is 689. The normalized spacial score (nSPS) is 22.8. The van der Waals surface area contributed by atoms with E-state index in [1.165, 1.54) is 5.56 Å². The van der Waals surface area contributed by atoms with Gasteiger partial charge in [-0.15, -0.1) is 0 Å². The third-order valence-electron chi connectivity index (χ3n) is 4.98. The Morgan fingerprint density at radius 2 is 1.88 bits per heavy atom. The lowest BCUT2D eigenvalue weighted by atomic mass is 9.92. The van der Waals surface area contributed by atoms with E-state index in [9.17, 15) is 5.11 Å². The fraction of sp³-hybridized carbons (Fsp3) is 0.429. The smallest absolute Gasteiger partial charge is 0.122 e. The van der Waals surface area contributed by atoms with Gasteiger partial charge in [0.15, 0.2) is 0 Å². The first-order valence-electron chi connectivity index (χ1n) is 8.91. The van der Waals surface area contributed by atoms with E-state index in [1.54, 1.807) is 0 Å². The minimum absolute atomic E-state index is 0.0606. The Balaban J connectivity index is 1.52. The molecule has 0 spiro atoms. The van der Waals surface area contributed by atoms with Gasteiger partial charge in [-0.05, 0) is 61.4 Å². The molecule has 25 heavy (non-hydrogen) atoms. The second-order valence-electron chi connectivity index (χ2n) is 7.00. The van der Waals surface area contributed by atoms with E-state index >= 15 is 0 Å². The van der Waals surface area contributed by atoms with Gasteiger partial charge < -0.3 is 20.3 Å². The second-order valence-corrected chi connectivity index (χ2v) is 7.00. The summed E-state index contributed by atoms with van der Waals surface area (Å²) in [7, 11) is 0. The molecule has 0 aliphatic heterocycles. The largest absolute Gasteiger partial charge is 0.490 e. The zero-order valence-electron chi connectivity index (χ0n) is 14.8. The highest BCUT2D eigenvalue weighted by Crippen LogP contribution is 2.40. The molecule has 4 heteroatoms. The third-order valence-corrected chi connectivity index (χ3v) is 4.98. The number of rotatable bonds is 7. The Hall–Kier alpha value is -2.04. The maximum atomic E-state index is 9.43. The first-order chi connectivity index (χ1) is 12.1. The molecule has 0 heterocycles. The number of hydrogen-bond acceptors (Lipinski definition) is 4. The molecular formula is C21H27NO3. The van der Waals surface area contributed by atoms with E-state index in [2.05, 4.69) is 19.1 Å². The summed E-state index contributed by atoms with van der Waals surface area (Å²) in [5, 5.41) is 9.43. The number of nitrogens with two attached hydrogens (primary N) is 1. The molecular weight excluding hydrogens is 314 g/mol. The standard InChI is InChI=1S/C21H27NO3/c1-16-13-17(18-9-10-21(22,14-18)15-23)7-8-20(16)25-12-11-24-19-5-3-2-4-6-19/h2-8,13,18,23H,9-12,14-15,22H2,1H3/t18-,21+/m1/s1. The number of aryl methyl sites for hydroxylation is 1. The van der Waals surface area contributed by atoms with Gasteiger partial charge in [0.2, 0.25) is 0 Å². The zero-order chi connectivity index (χ0) is 17.7. The summed E-state index contributed by atoms with van der Waals surface area (Å²) in [5.41, 5.74) is 8.18. The van der Waals surface area contributed by atoms with Crippen LogP contribution in [0.5, 0.6) is 11.5 Å². The molecule has 2 atom stereocenters. The van der Waals surface area contributed by atoms with Crippen molar-refractivity contribution in [2.24, 2.45) is 5.73 Å². The molecule has 0 amide bonds. The van der Waals surface area contributed by atoms with Gasteiger partial charge in [-0.2, -0.15) is 0 Å². The van der Waals surface area contributed by atoms with Crippen molar-refractivity contribution in [1.29, 1.82) is 0 Å². The fourth-order valence-electron chi connectivity index (χ4n) is 3.50. The van der Waals surface area contributed by atoms with Crippen LogP contribution in [0.4, 0.5) is 0 Å². The molecule has 3 rings (SSSR count). The summed E-state index contributed by atoms with van der Waals surface area (Å²) < 4.78 is 11.5. The van der Waals surface area contributed by atoms with Crippen LogP contribution in [0.1, 0.15) is 36.3 Å². The van der Waals surface area contributed by atoms with E-state index < -0.39 is 5.54 Å². The number of para-hydroxylation sites is 1. The number of hydrogen-bond donors (Lipinski definition) is 2. The van der Waals surface area contributed by atoms with Crippen molar-refractivity contribution in [3.8, 4) is 11.5 Å². The molecule has 0 unspecified atom stereocenters. The molecule has 1 aliphatic rings. The molecule has 4 nitrogen and oxygen atoms in total. The van der Waals surface area contributed by atoms with E-state index in [-0.39, 0.29) is 6.61 Å². The van der Waals surface area contributed by atoms with Crippen molar-refractivity contribution >= 4 is 0 Å². The SMILES string of the molecule is Cc1cc([C@@H]2CC[C@@](N)(CO)C2)ccc1OCCOc1ccccc1. The summed E-state index contributed by atoms with van der Waals surface area (Å²) in [6, 6.07) is 16.1. The van der Waals surface area contributed by atoms with Gasteiger partial charge in [-0.25, -0.2) is 0 Å². The summed E-state index contributed by atoms with van der Waals surface area (Å²) in [6.45, 7) is 3.15. The predicted octanol–water partition coefficient (Wildman–Crippen LogP) is 3.41. The number of ether oxygens (including phenoxy) is 2. The van der Waals surface area contributed by atoms with Crippen molar-refractivity contribution in [1.82, 2.24) is 0 Å². The maximum Gasteiger partial charge on any atom is 0.122 e. The molecule has 3 N–H and O–H groups in total. The summed E-state index contributed by atoms with van der Waals surface area (Å²) >= 11 is 0. The molecule has 1 saturated carbocycles. The number of aliphatic hydroxyl groups is 1. The predicted molar refractivity (Wildman–Crippen MR) is 99.2 cm³/mol. The molecule has 134 valence electrons. The van der Waals surface area contributed by atoms with Gasteiger partial charge in [-0.1, -0.05) is 30.3 Å². The summed E-state index contributed by atoms with van der Waals surface area (Å²) in [6.07, 6.45) is 2.75. The molecule has 0 saturated heterocycles. The Kier molecular flexibility index (Phi) is 5.61.